The largest absolute Gasteiger partial charge is 0.396 e. The van der Waals surface area contributed by atoms with E-state index < -0.39 is 5.82 Å². The van der Waals surface area contributed by atoms with Crippen molar-refractivity contribution < 1.29 is 14.3 Å². The van der Waals surface area contributed by atoms with Gasteiger partial charge in [-0.3, -0.25) is 4.79 Å². The highest BCUT2D eigenvalue weighted by Gasteiger charge is 2.09. The Morgan fingerprint density at radius 2 is 2.22 bits per heavy atom. The van der Waals surface area contributed by atoms with Gasteiger partial charge in [-0.1, -0.05) is 0 Å². The highest BCUT2D eigenvalue weighted by molar-refractivity contribution is 5.91. The molecule has 0 fully saturated rings. The number of hydrogen-bond acceptors (Lipinski definition) is 3. The number of nitrogens with zero attached hydrogens (tertiary/aromatic N) is 1. The second kappa shape index (κ2) is 6.72. The highest BCUT2D eigenvalue weighted by atomic mass is 19.1. The molecule has 0 saturated carbocycles. The molecule has 1 rings (SSSR count). The summed E-state index contributed by atoms with van der Waals surface area (Å²) < 4.78 is 13.4. The fourth-order valence-electron chi connectivity index (χ4n) is 1.48. The molecule has 5 heteroatoms. The van der Waals surface area contributed by atoms with Gasteiger partial charge in [0.2, 0.25) is 5.91 Å². The monoisotopic (exact) mass is 250 g/mol. The number of halogens is 1. The number of amides is 1. The molecule has 1 aromatic carbocycles. The Morgan fingerprint density at radius 1 is 1.50 bits per heavy atom. The Labute approximate surface area is 105 Å². The quantitative estimate of drug-likeness (QED) is 0.786. The van der Waals surface area contributed by atoms with Crippen molar-refractivity contribution in [2.75, 3.05) is 11.9 Å². The molecule has 0 saturated heterocycles. The molecule has 0 aliphatic rings. The van der Waals surface area contributed by atoms with Crippen LogP contribution >= 0.6 is 0 Å². The van der Waals surface area contributed by atoms with Crippen LogP contribution in [0.15, 0.2) is 12.1 Å². The minimum Gasteiger partial charge on any atom is -0.396 e. The van der Waals surface area contributed by atoms with Gasteiger partial charge in [0.25, 0.3) is 0 Å². The standard InChI is InChI=1S/C13H15FN2O2/c1-9-11(14)6-10(8-15)7-12(9)16-13(18)4-2-3-5-17/h6-7,17H,2-5H2,1H3,(H,16,18). The first-order chi connectivity index (χ1) is 8.58. The van der Waals surface area contributed by atoms with Crippen LogP contribution in [-0.2, 0) is 4.79 Å². The number of aliphatic hydroxyl groups is 1. The number of nitriles is 1. The molecule has 0 unspecified atom stereocenters. The molecule has 2 N–H and O–H groups in total. The van der Waals surface area contributed by atoms with Crippen LogP contribution in [0.5, 0.6) is 0 Å². The van der Waals surface area contributed by atoms with E-state index in [1.807, 2.05) is 6.07 Å². The summed E-state index contributed by atoms with van der Waals surface area (Å²) in [6.07, 6.45) is 1.39. The number of carbonyl (C=O) groups is 1. The average molecular weight is 250 g/mol. The number of anilines is 1. The van der Waals surface area contributed by atoms with Crippen molar-refractivity contribution in [2.24, 2.45) is 0 Å². The van der Waals surface area contributed by atoms with E-state index in [1.165, 1.54) is 6.07 Å². The molecular formula is C13H15FN2O2. The van der Waals surface area contributed by atoms with Gasteiger partial charge in [0.15, 0.2) is 0 Å². The van der Waals surface area contributed by atoms with Crippen molar-refractivity contribution in [1.82, 2.24) is 0 Å². The number of rotatable bonds is 5. The predicted molar refractivity (Wildman–Crippen MR) is 65.4 cm³/mol. The minimum atomic E-state index is -0.514. The van der Waals surface area contributed by atoms with Gasteiger partial charge in [-0.05, 0) is 31.9 Å². The highest BCUT2D eigenvalue weighted by Crippen LogP contribution is 2.20. The minimum absolute atomic E-state index is 0.0465. The van der Waals surface area contributed by atoms with E-state index in [9.17, 15) is 9.18 Å². The molecule has 1 amide bonds. The molecule has 0 aromatic heterocycles. The molecule has 0 aliphatic heterocycles. The van der Waals surface area contributed by atoms with Gasteiger partial charge in [0.1, 0.15) is 5.82 Å². The number of aliphatic hydroxyl groups excluding tert-OH is 1. The smallest absolute Gasteiger partial charge is 0.224 e. The summed E-state index contributed by atoms with van der Waals surface area (Å²) in [5, 5.41) is 19.9. The Balaban J connectivity index is 2.75. The third kappa shape index (κ3) is 3.82. The fourth-order valence-corrected chi connectivity index (χ4v) is 1.48. The maximum Gasteiger partial charge on any atom is 0.224 e. The van der Waals surface area contributed by atoms with Gasteiger partial charge >= 0.3 is 0 Å². The number of carbonyl (C=O) groups excluding carboxylic acids is 1. The fraction of sp³-hybridized carbons (Fsp3) is 0.385. The van der Waals surface area contributed by atoms with Crippen LogP contribution in [0.3, 0.4) is 0 Å². The Hall–Kier alpha value is -1.93. The van der Waals surface area contributed by atoms with E-state index >= 15 is 0 Å². The van der Waals surface area contributed by atoms with Gasteiger partial charge in [-0.2, -0.15) is 5.26 Å². The van der Waals surface area contributed by atoms with Crippen LogP contribution in [0.1, 0.15) is 30.4 Å². The van der Waals surface area contributed by atoms with Crippen LogP contribution in [0.2, 0.25) is 0 Å². The summed E-state index contributed by atoms with van der Waals surface area (Å²) in [5.74, 6) is -0.763. The van der Waals surface area contributed by atoms with Crippen molar-refractivity contribution in [3.05, 3.63) is 29.1 Å². The van der Waals surface area contributed by atoms with Crippen molar-refractivity contribution in [2.45, 2.75) is 26.2 Å². The molecule has 0 aliphatic carbocycles. The SMILES string of the molecule is Cc1c(F)cc(C#N)cc1NC(=O)CCCCO. The van der Waals surface area contributed by atoms with Gasteiger partial charge in [-0.15, -0.1) is 0 Å². The van der Waals surface area contributed by atoms with Crippen molar-refractivity contribution in [3.8, 4) is 6.07 Å². The molecule has 0 bridgehead atoms. The Kier molecular flexibility index (Phi) is 5.28. The first-order valence-corrected chi connectivity index (χ1v) is 5.69. The average Bonchev–Trinajstić information content (AvgIpc) is 2.35. The number of benzene rings is 1. The van der Waals surface area contributed by atoms with Gasteiger partial charge < -0.3 is 10.4 Å². The Morgan fingerprint density at radius 3 is 2.83 bits per heavy atom. The van der Waals surface area contributed by atoms with Crippen LogP contribution in [-0.4, -0.2) is 17.6 Å². The summed E-state index contributed by atoms with van der Waals surface area (Å²) in [6, 6.07) is 4.42. The molecule has 0 radical (unpaired) electrons. The molecule has 0 heterocycles. The summed E-state index contributed by atoms with van der Waals surface area (Å²) in [7, 11) is 0. The lowest BCUT2D eigenvalue weighted by atomic mass is 10.1. The maximum absolute atomic E-state index is 13.4. The van der Waals surface area contributed by atoms with Crippen LogP contribution in [0.25, 0.3) is 0 Å². The maximum atomic E-state index is 13.4. The second-order valence-electron chi connectivity index (χ2n) is 3.97. The topological polar surface area (TPSA) is 73.1 Å². The zero-order valence-corrected chi connectivity index (χ0v) is 10.2. The first kappa shape index (κ1) is 14.1. The van der Waals surface area contributed by atoms with Gasteiger partial charge in [0.05, 0.1) is 11.6 Å². The van der Waals surface area contributed by atoms with Crippen LogP contribution < -0.4 is 5.32 Å². The van der Waals surface area contributed by atoms with Gasteiger partial charge in [-0.25, -0.2) is 4.39 Å². The van der Waals surface area contributed by atoms with E-state index in [1.54, 1.807) is 6.92 Å². The van der Waals surface area contributed by atoms with Gasteiger partial charge in [0, 0.05) is 24.3 Å². The summed E-state index contributed by atoms with van der Waals surface area (Å²) in [4.78, 5) is 11.6. The third-order valence-corrected chi connectivity index (χ3v) is 2.56. The van der Waals surface area contributed by atoms with Crippen molar-refractivity contribution in [1.29, 1.82) is 5.26 Å². The van der Waals surface area contributed by atoms with Crippen molar-refractivity contribution in [3.63, 3.8) is 0 Å². The van der Waals surface area contributed by atoms with Crippen LogP contribution in [0.4, 0.5) is 10.1 Å². The number of nitrogens with one attached hydrogen (secondary N) is 1. The molecule has 1 aromatic rings. The third-order valence-electron chi connectivity index (χ3n) is 2.56. The molecule has 0 atom stereocenters. The molecule has 0 spiro atoms. The number of hydrogen-bond donors (Lipinski definition) is 2. The molecular weight excluding hydrogens is 235 g/mol. The summed E-state index contributed by atoms with van der Waals surface area (Å²) in [5.41, 5.74) is 0.800. The Bertz CT molecular complexity index is 481. The normalized spacial score (nSPS) is 9.89. The molecule has 96 valence electrons. The first-order valence-electron chi connectivity index (χ1n) is 5.69. The second-order valence-corrected chi connectivity index (χ2v) is 3.97. The molecule has 18 heavy (non-hydrogen) atoms. The lowest BCUT2D eigenvalue weighted by Crippen LogP contribution is -2.13. The predicted octanol–water partition coefficient (Wildman–Crippen LogP) is 2.11. The van der Waals surface area contributed by atoms with Crippen molar-refractivity contribution >= 4 is 11.6 Å². The zero-order chi connectivity index (χ0) is 13.5. The van der Waals surface area contributed by atoms with E-state index in [0.717, 1.165) is 6.07 Å². The van der Waals surface area contributed by atoms with E-state index in [0.29, 0.717) is 24.1 Å². The zero-order valence-electron chi connectivity index (χ0n) is 10.2. The molecule has 4 nitrogen and oxygen atoms in total. The van der Waals surface area contributed by atoms with E-state index in [2.05, 4.69) is 5.32 Å². The van der Waals surface area contributed by atoms with Crippen LogP contribution in [0, 0.1) is 24.1 Å². The summed E-state index contributed by atoms with van der Waals surface area (Å²) >= 11 is 0. The summed E-state index contributed by atoms with van der Waals surface area (Å²) in [6.45, 7) is 1.59. The number of unbranched alkanes of at least 4 members (excludes halogenated alkanes) is 1. The van der Waals surface area contributed by atoms with E-state index in [-0.39, 0.29) is 24.5 Å². The lowest BCUT2D eigenvalue weighted by Gasteiger charge is -2.09. The van der Waals surface area contributed by atoms with E-state index in [4.69, 9.17) is 10.4 Å². The lowest BCUT2D eigenvalue weighted by molar-refractivity contribution is -0.116.